The highest BCUT2D eigenvalue weighted by Crippen LogP contribution is 2.39. The van der Waals surface area contributed by atoms with Gasteiger partial charge in [-0.25, -0.2) is 0 Å². The molecular formula is C15H15F3N2S. The summed E-state index contributed by atoms with van der Waals surface area (Å²) in [5, 5.41) is 6.42. The number of hydrogen-bond acceptors (Lipinski definition) is 1. The molecule has 1 fully saturated rings. The van der Waals surface area contributed by atoms with E-state index in [1.807, 2.05) is 0 Å². The van der Waals surface area contributed by atoms with Crippen LogP contribution in [0.3, 0.4) is 0 Å². The maximum absolute atomic E-state index is 12.7. The molecule has 1 aromatic carbocycles. The Hall–Kier alpha value is -1.56. The summed E-state index contributed by atoms with van der Waals surface area (Å²) in [6, 6.07) is 5.33. The first-order valence-electron chi connectivity index (χ1n) is 6.85. The standard InChI is InChI=1S/C15H15F3N2S/c16-15(17,18)11-2-1-3-12(8-11)19-14(21)20-13-7-9-4-5-10(13)6-9/h1-5,8-10,13H,6-7H2,(H2,19,20,21)/t9-,10-,13+/m0/s1. The molecule has 112 valence electrons. The minimum absolute atomic E-state index is 0.283. The van der Waals surface area contributed by atoms with Crippen molar-refractivity contribution in [3.63, 3.8) is 0 Å². The van der Waals surface area contributed by atoms with E-state index in [1.54, 1.807) is 6.07 Å². The lowest BCUT2D eigenvalue weighted by Crippen LogP contribution is -2.40. The molecule has 0 radical (unpaired) electrons. The van der Waals surface area contributed by atoms with Crippen molar-refractivity contribution in [2.45, 2.75) is 25.1 Å². The Balaban J connectivity index is 1.61. The highest BCUT2D eigenvalue weighted by atomic mass is 32.1. The van der Waals surface area contributed by atoms with E-state index in [0.717, 1.165) is 25.0 Å². The Labute approximate surface area is 126 Å². The maximum atomic E-state index is 12.7. The van der Waals surface area contributed by atoms with Gasteiger partial charge in [0.25, 0.3) is 0 Å². The van der Waals surface area contributed by atoms with Crippen LogP contribution in [0.5, 0.6) is 0 Å². The maximum Gasteiger partial charge on any atom is 0.416 e. The lowest BCUT2D eigenvalue weighted by molar-refractivity contribution is -0.137. The van der Waals surface area contributed by atoms with Gasteiger partial charge in [0.15, 0.2) is 5.11 Å². The third kappa shape index (κ3) is 3.20. The van der Waals surface area contributed by atoms with Crippen molar-refractivity contribution in [3.8, 4) is 0 Å². The van der Waals surface area contributed by atoms with Gasteiger partial charge in [-0.3, -0.25) is 0 Å². The molecule has 3 atom stereocenters. The van der Waals surface area contributed by atoms with Gasteiger partial charge >= 0.3 is 6.18 Å². The topological polar surface area (TPSA) is 24.1 Å². The predicted octanol–water partition coefficient (Wildman–Crippen LogP) is 3.96. The fourth-order valence-corrected chi connectivity index (χ4v) is 3.32. The second-order valence-corrected chi connectivity index (χ2v) is 5.97. The van der Waals surface area contributed by atoms with Gasteiger partial charge in [0.1, 0.15) is 0 Å². The number of halogens is 3. The molecule has 0 unspecified atom stereocenters. The predicted molar refractivity (Wildman–Crippen MR) is 79.9 cm³/mol. The summed E-state index contributed by atoms with van der Waals surface area (Å²) < 4.78 is 38.0. The molecule has 6 heteroatoms. The first-order chi connectivity index (χ1) is 9.91. The molecule has 0 aromatic heterocycles. The fraction of sp³-hybridized carbons (Fsp3) is 0.400. The Bertz CT molecular complexity index is 583. The SMILES string of the molecule is FC(F)(F)c1cccc(NC(=S)N[C@@H]2C[C@H]3C=C[C@H]2C3)c1. The molecular weight excluding hydrogens is 297 g/mol. The van der Waals surface area contributed by atoms with E-state index < -0.39 is 11.7 Å². The highest BCUT2D eigenvalue weighted by Gasteiger charge is 2.36. The van der Waals surface area contributed by atoms with Gasteiger partial charge in [-0.1, -0.05) is 18.2 Å². The molecule has 0 spiro atoms. The Morgan fingerprint density at radius 1 is 1.19 bits per heavy atom. The number of anilines is 1. The van der Waals surface area contributed by atoms with E-state index in [-0.39, 0.29) is 6.04 Å². The number of benzene rings is 1. The van der Waals surface area contributed by atoms with E-state index in [0.29, 0.717) is 22.6 Å². The third-order valence-electron chi connectivity index (χ3n) is 4.04. The molecule has 21 heavy (non-hydrogen) atoms. The van der Waals surface area contributed by atoms with Crippen molar-refractivity contribution in [1.82, 2.24) is 5.32 Å². The molecule has 0 heterocycles. The number of thiocarbonyl (C=S) groups is 1. The molecule has 0 saturated heterocycles. The smallest absolute Gasteiger partial charge is 0.359 e. The van der Waals surface area contributed by atoms with Gasteiger partial charge in [-0.2, -0.15) is 13.2 Å². The molecule has 3 rings (SSSR count). The Kier molecular flexibility index (Phi) is 3.65. The van der Waals surface area contributed by atoms with Gasteiger partial charge in [-0.05, 0) is 55.1 Å². The van der Waals surface area contributed by atoms with Crippen molar-refractivity contribution in [2.24, 2.45) is 11.8 Å². The van der Waals surface area contributed by atoms with Crippen LogP contribution in [0.1, 0.15) is 18.4 Å². The quantitative estimate of drug-likeness (QED) is 0.638. The minimum Gasteiger partial charge on any atom is -0.359 e. The van der Waals surface area contributed by atoms with Crippen LogP contribution in [0, 0.1) is 11.8 Å². The summed E-state index contributed by atoms with van der Waals surface area (Å²) >= 11 is 5.20. The monoisotopic (exact) mass is 312 g/mol. The number of allylic oxidation sites excluding steroid dienone is 1. The second kappa shape index (κ2) is 5.33. The lowest BCUT2D eigenvalue weighted by Gasteiger charge is -2.22. The van der Waals surface area contributed by atoms with Crippen LogP contribution in [0.15, 0.2) is 36.4 Å². The Morgan fingerprint density at radius 2 is 2.00 bits per heavy atom. The molecule has 2 aliphatic rings. The zero-order valence-corrected chi connectivity index (χ0v) is 12.0. The molecule has 1 aromatic rings. The zero-order chi connectivity index (χ0) is 15.0. The number of hydrogen-bond donors (Lipinski definition) is 2. The molecule has 1 saturated carbocycles. The Morgan fingerprint density at radius 3 is 2.62 bits per heavy atom. The number of rotatable bonds is 2. The average molecular weight is 312 g/mol. The van der Waals surface area contributed by atoms with E-state index in [4.69, 9.17) is 12.2 Å². The van der Waals surface area contributed by atoms with Gasteiger partial charge in [0.05, 0.1) is 5.56 Å². The van der Waals surface area contributed by atoms with Crippen molar-refractivity contribution >= 4 is 23.0 Å². The summed E-state index contributed by atoms with van der Waals surface area (Å²) in [4.78, 5) is 0. The fourth-order valence-electron chi connectivity index (χ4n) is 3.06. The van der Waals surface area contributed by atoms with Crippen molar-refractivity contribution in [2.75, 3.05) is 5.32 Å². The van der Waals surface area contributed by atoms with Gasteiger partial charge in [-0.15, -0.1) is 0 Å². The minimum atomic E-state index is -4.35. The van der Waals surface area contributed by atoms with Crippen LogP contribution in [-0.4, -0.2) is 11.2 Å². The largest absolute Gasteiger partial charge is 0.416 e. The van der Waals surface area contributed by atoms with Crippen LogP contribution in [0.25, 0.3) is 0 Å². The van der Waals surface area contributed by atoms with E-state index in [9.17, 15) is 13.2 Å². The molecule has 2 bridgehead atoms. The summed E-state index contributed by atoms with van der Waals surface area (Å²) in [6.45, 7) is 0. The second-order valence-electron chi connectivity index (χ2n) is 5.56. The molecule has 2 nitrogen and oxygen atoms in total. The lowest BCUT2D eigenvalue weighted by atomic mass is 10.0. The van der Waals surface area contributed by atoms with Gasteiger partial charge in [0, 0.05) is 11.7 Å². The van der Waals surface area contributed by atoms with Crippen LogP contribution in [0.2, 0.25) is 0 Å². The molecule has 0 aliphatic heterocycles. The van der Waals surface area contributed by atoms with E-state index >= 15 is 0 Å². The summed E-state index contributed by atoms with van der Waals surface area (Å²) in [5.41, 5.74) is -0.334. The number of nitrogens with one attached hydrogen (secondary N) is 2. The van der Waals surface area contributed by atoms with Gasteiger partial charge in [0.2, 0.25) is 0 Å². The molecule has 2 aliphatic carbocycles. The van der Waals surface area contributed by atoms with E-state index in [1.165, 1.54) is 6.07 Å². The van der Waals surface area contributed by atoms with Gasteiger partial charge < -0.3 is 10.6 Å². The first-order valence-corrected chi connectivity index (χ1v) is 7.26. The summed E-state index contributed by atoms with van der Waals surface area (Å²) in [6.07, 6.45) is 2.25. The molecule has 0 amide bonds. The van der Waals surface area contributed by atoms with Crippen molar-refractivity contribution < 1.29 is 13.2 Å². The average Bonchev–Trinajstić information content (AvgIpc) is 3.00. The molecule has 2 N–H and O–H groups in total. The van der Waals surface area contributed by atoms with Crippen LogP contribution in [-0.2, 0) is 6.18 Å². The van der Waals surface area contributed by atoms with Crippen molar-refractivity contribution in [3.05, 3.63) is 42.0 Å². The summed E-state index contributed by atoms with van der Waals surface area (Å²) in [7, 11) is 0. The summed E-state index contributed by atoms with van der Waals surface area (Å²) in [5.74, 6) is 1.10. The first kappa shape index (κ1) is 14.4. The highest BCUT2D eigenvalue weighted by molar-refractivity contribution is 7.80. The number of alkyl halides is 3. The van der Waals surface area contributed by atoms with E-state index in [2.05, 4.69) is 22.8 Å². The zero-order valence-electron chi connectivity index (χ0n) is 11.2. The number of fused-ring (bicyclic) bond motifs is 2. The third-order valence-corrected chi connectivity index (χ3v) is 4.26. The normalized spacial score (nSPS) is 26.9. The van der Waals surface area contributed by atoms with Crippen molar-refractivity contribution in [1.29, 1.82) is 0 Å². The van der Waals surface area contributed by atoms with Crippen LogP contribution in [0.4, 0.5) is 18.9 Å². The van der Waals surface area contributed by atoms with Crippen LogP contribution >= 0.6 is 12.2 Å². The van der Waals surface area contributed by atoms with Crippen LogP contribution < -0.4 is 10.6 Å².